The molecule has 0 rings (SSSR count). The van der Waals surface area contributed by atoms with Crippen molar-refractivity contribution in [2.45, 2.75) is 374 Å². The smallest absolute Gasteiger partial charge is 0.306 e. The average Bonchev–Trinajstić information content (AvgIpc) is 3.49. The van der Waals surface area contributed by atoms with Crippen LogP contribution in [0.3, 0.4) is 0 Å². The lowest BCUT2D eigenvalue weighted by Gasteiger charge is -2.18. The van der Waals surface area contributed by atoms with Crippen LogP contribution in [0.4, 0.5) is 0 Å². The number of hydrogen-bond acceptors (Lipinski definition) is 6. The summed E-state index contributed by atoms with van der Waals surface area (Å²) in [7, 11) is 0. The standard InChI is InChI=1S/C77H136O6/c1-4-7-10-13-16-19-22-25-28-30-31-32-33-34-35-36-37-38-39-40-41-42-43-44-45-47-49-52-55-58-61-64-67-70-76(79)82-73-74(72-81-75(78)69-66-63-60-57-54-51-48-27-24-21-18-15-12-9-6-3)83-77(80)71-68-65-62-59-56-53-50-46-29-26-23-20-17-14-11-8-5-2/h7,9-10,12,16,18-19,21,25,27-28,31-32,48,74H,4-6,8,11,13-15,17,20,22-24,26,29-30,33-47,49-73H2,1-3H3/b10-7-,12-9-,19-16-,21-18-,28-25-,32-31-,48-27-. The van der Waals surface area contributed by atoms with E-state index in [9.17, 15) is 14.4 Å². The molecular weight excluding hydrogens is 1020 g/mol. The summed E-state index contributed by atoms with van der Waals surface area (Å²) in [6.07, 6.45) is 94.8. The van der Waals surface area contributed by atoms with E-state index < -0.39 is 6.10 Å². The molecule has 0 aliphatic heterocycles. The minimum atomic E-state index is -0.781. The van der Waals surface area contributed by atoms with Crippen molar-refractivity contribution < 1.29 is 28.6 Å². The van der Waals surface area contributed by atoms with Crippen LogP contribution in [0.1, 0.15) is 367 Å². The van der Waals surface area contributed by atoms with Crippen molar-refractivity contribution in [2.24, 2.45) is 0 Å². The SMILES string of the molecule is CC/C=C\C/C=C\C/C=C\C/C=C\CCCCCCCCCCCCCCCCCCCCCCC(=O)OCC(COC(=O)CCCCCCC/C=C\C/C=C\C/C=C\CC)OC(=O)CCCCCCCCCCCCCCCCCCC. The average molecular weight is 1160 g/mol. The van der Waals surface area contributed by atoms with Crippen LogP contribution in [0.15, 0.2) is 85.1 Å². The zero-order valence-electron chi connectivity index (χ0n) is 55.2. The molecule has 0 N–H and O–H groups in total. The van der Waals surface area contributed by atoms with Crippen LogP contribution in [-0.4, -0.2) is 37.2 Å². The number of rotatable bonds is 66. The monoisotopic (exact) mass is 1160 g/mol. The van der Waals surface area contributed by atoms with Gasteiger partial charge in [0.05, 0.1) is 0 Å². The van der Waals surface area contributed by atoms with Gasteiger partial charge in [-0.3, -0.25) is 14.4 Å². The molecule has 83 heavy (non-hydrogen) atoms. The lowest BCUT2D eigenvalue weighted by atomic mass is 10.0. The normalized spacial score (nSPS) is 12.6. The van der Waals surface area contributed by atoms with Crippen LogP contribution in [-0.2, 0) is 28.6 Å². The maximum atomic E-state index is 12.9. The summed E-state index contributed by atoms with van der Waals surface area (Å²) >= 11 is 0. The topological polar surface area (TPSA) is 78.9 Å². The van der Waals surface area contributed by atoms with Gasteiger partial charge in [0.25, 0.3) is 0 Å². The van der Waals surface area contributed by atoms with Crippen LogP contribution in [0.25, 0.3) is 0 Å². The molecule has 480 valence electrons. The third kappa shape index (κ3) is 69.3. The molecular formula is C77H136O6. The van der Waals surface area contributed by atoms with Gasteiger partial charge >= 0.3 is 17.9 Å². The largest absolute Gasteiger partial charge is 0.462 e. The third-order valence-corrected chi connectivity index (χ3v) is 15.9. The highest BCUT2D eigenvalue weighted by Gasteiger charge is 2.19. The molecule has 6 heteroatoms. The van der Waals surface area contributed by atoms with Crippen molar-refractivity contribution in [3.05, 3.63) is 85.1 Å². The molecule has 1 atom stereocenters. The Kier molecular flexibility index (Phi) is 68.2. The number of unbranched alkanes of at least 4 members (excludes halogenated alkanes) is 41. The van der Waals surface area contributed by atoms with E-state index in [4.69, 9.17) is 14.2 Å². The Balaban J connectivity index is 4.17. The first-order valence-corrected chi connectivity index (χ1v) is 36.1. The van der Waals surface area contributed by atoms with E-state index in [1.807, 2.05) is 0 Å². The zero-order valence-corrected chi connectivity index (χ0v) is 55.2. The van der Waals surface area contributed by atoms with Gasteiger partial charge in [0.1, 0.15) is 13.2 Å². The second-order valence-corrected chi connectivity index (χ2v) is 24.1. The zero-order chi connectivity index (χ0) is 59.9. The van der Waals surface area contributed by atoms with E-state index in [2.05, 4.69) is 106 Å². The minimum Gasteiger partial charge on any atom is -0.462 e. The van der Waals surface area contributed by atoms with Crippen LogP contribution in [0, 0.1) is 0 Å². The molecule has 0 radical (unpaired) electrons. The molecule has 0 amide bonds. The fraction of sp³-hybridized carbons (Fsp3) is 0.779. The Morgan fingerprint density at radius 1 is 0.253 bits per heavy atom. The van der Waals surface area contributed by atoms with Crippen LogP contribution >= 0.6 is 0 Å². The van der Waals surface area contributed by atoms with Crippen LogP contribution in [0.2, 0.25) is 0 Å². The third-order valence-electron chi connectivity index (χ3n) is 15.9. The molecule has 0 aromatic heterocycles. The number of carbonyl (C=O) groups is 3. The van der Waals surface area contributed by atoms with Crippen molar-refractivity contribution in [1.29, 1.82) is 0 Å². The van der Waals surface area contributed by atoms with Crippen molar-refractivity contribution >= 4 is 17.9 Å². The van der Waals surface area contributed by atoms with Gasteiger partial charge in [-0.1, -0.05) is 343 Å². The van der Waals surface area contributed by atoms with Crippen molar-refractivity contribution in [1.82, 2.24) is 0 Å². The van der Waals surface area contributed by atoms with Crippen LogP contribution in [0.5, 0.6) is 0 Å². The van der Waals surface area contributed by atoms with E-state index in [1.165, 1.54) is 205 Å². The maximum Gasteiger partial charge on any atom is 0.306 e. The predicted octanol–water partition coefficient (Wildman–Crippen LogP) is 25.0. The van der Waals surface area contributed by atoms with Crippen LogP contribution < -0.4 is 0 Å². The summed E-state index contributed by atoms with van der Waals surface area (Å²) in [6.45, 7) is 6.46. The van der Waals surface area contributed by atoms with Gasteiger partial charge in [-0.15, -0.1) is 0 Å². The quantitative estimate of drug-likeness (QED) is 0.0261. The summed E-state index contributed by atoms with van der Waals surface area (Å²) in [4.78, 5) is 38.4. The first-order valence-electron chi connectivity index (χ1n) is 36.1. The Morgan fingerprint density at radius 2 is 0.470 bits per heavy atom. The van der Waals surface area contributed by atoms with Gasteiger partial charge in [-0.05, 0) is 89.9 Å². The van der Waals surface area contributed by atoms with E-state index in [1.54, 1.807) is 0 Å². The van der Waals surface area contributed by atoms with Crippen molar-refractivity contribution in [3.63, 3.8) is 0 Å². The number of ether oxygens (including phenoxy) is 3. The molecule has 1 unspecified atom stereocenters. The Labute approximate surface area is 515 Å². The van der Waals surface area contributed by atoms with E-state index in [-0.39, 0.29) is 31.1 Å². The number of hydrogen-bond donors (Lipinski definition) is 0. The van der Waals surface area contributed by atoms with E-state index in [0.717, 1.165) is 122 Å². The molecule has 0 aromatic rings. The van der Waals surface area contributed by atoms with Gasteiger partial charge in [0.15, 0.2) is 6.10 Å². The van der Waals surface area contributed by atoms with Gasteiger partial charge in [-0.2, -0.15) is 0 Å². The maximum absolute atomic E-state index is 12.9. The highest BCUT2D eigenvalue weighted by atomic mass is 16.6. The lowest BCUT2D eigenvalue weighted by Crippen LogP contribution is -2.30. The number of allylic oxidation sites excluding steroid dienone is 14. The molecule has 0 saturated carbocycles. The molecule has 0 aliphatic carbocycles. The Morgan fingerprint density at radius 3 is 0.735 bits per heavy atom. The van der Waals surface area contributed by atoms with Crippen molar-refractivity contribution in [3.8, 4) is 0 Å². The van der Waals surface area contributed by atoms with E-state index >= 15 is 0 Å². The second-order valence-electron chi connectivity index (χ2n) is 24.1. The molecule has 6 nitrogen and oxygen atoms in total. The highest BCUT2D eigenvalue weighted by molar-refractivity contribution is 5.71. The first-order chi connectivity index (χ1) is 41.0. The molecule has 0 aliphatic rings. The molecule has 0 bridgehead atoms. The van der Waals surface area contributed by atoms with Gasteiger partial charge in [0.2, 0.25) is 0 Å². The Bertz CT molecular complexity index is 1570. The fourth-order valence-electron chi connectivity index (χ4n) is 10.6. The predicted molar refractivity (Wildman–Crippen MR) is 362 cm³/mol. The van der Waals surface area contributed by atoms with Gasteiger partial charge in [0, 0.05) is 19.3 Å². The highest BCUT2D eigenvalue weighted by Crippen LogP contribution is 2.18. The summed E-state index contributed by atoms with van der Waals surface area (Å²) in [6, 6.07) is 0. The fourth-order valence-corrected chi connectivity index (χ4v) is 10.6. The minimum absolute atomic E-state index is 0.0762. The summed E-state index contributed by atoms with van der Waals surface area (Å²) in [5.74, 6) is -0.870. The second kappa shape index (κ2) is 71.1. The van der Waals surface area contributed by atoms with Gasteiger partial charge in [-0.25, -0.2) is 0 Å². The van der Waals surface area contributed by atoms with Gasteiger partial charge < -0.3 is 14.2 Å². The molecule has 0 saturated heterocycles. The summed E-state index contributed by atoms with van der Waals surface area (Å²) < 4.78 is 17.0. The summed E-state index contributed by atoms with van der Waals surface area (Å²) in [5.41, 5.74) is 0. The van der Waals surface area contributed by atoms with Crippen molar-refractivity contribution in [2.75, 3.05) is 13.2 Å². The molecule has 0 spiro atoms. The summed E-state index contributed by atoms with van der Waals surface area (Å²) in [5, 5.41) is 0. The lowest BCUT2D eigenvalue weighted by molar-refractivity contribution is -0.167. The number of esters is 3. The Hall–Kier alpha value is -3.41. The molecule has 0 heterocycles. The molecule has 0 aromatic carbocycles. The first kappa shape index (κ1) is 79.6. The number of carbonyl (C=O) groups excluding carboxylic acids is 3. The van der Waals surface area contributed by atoms with E-state index in [0.29, 0.717) is 19.3 Å². The molecule has 0 fully saturated rings.